The number of phenolic OH excluding ortho intramolecular Hbond substituents is 2. The molecule has 184 valence electrons. The van der Waals surface area contributed by atoms with E-state index in [0.717, 1.165) is 0 Å². The second-order valence-electron chi connectivity index (χ2n) is 7.34. The molecule has 0 fully saturated rings. The Morgan fingerprint density at radius 2 is 0.576 bits per heavy atom. The molecule has 0 aliphatic heterocycles. The highest BCUT2D eigenvalue weighted by molar-refractivity contribution is 5.77. The van der Waals surface area contributed by atoms with Crippen LogP contribution in [0.5, 0.6) is 57.5 Å². The molecule has 0 atom stereocenters. The smallest absolute Gasteiger partial charge is 0.208 e. The molecular weight excluding hydrogens is 436 g/mol. The number of ether oxygens (including phenoxy) is 8. The predicted molar refractivity (Wildman–Crippen MR) is 121 cm³/mol. The second-order valence-corrected chi connectivity index (χ2v) is 7.34. The van der Waals surface area contributed by atoms with Crippen LogP contribution in [0.4, 0.5) is 0 Å². The quantitative estimate of drug-likeness (QED) is 0.537. The fourth-order valence-electron chi connectivity index (χ4n) is 4.09. The zero-order valence-electron chi connectivity index (χ0n) is 20.7. The monoisotopic (exact) mass is 468 g/mol. The molecule has 2 aromatic rings. The summed E-state index contributed by atoms with van der Waals surface area (Å²) in [6.07, 6.45) is 0. The lowest BCUT2D eigenvalue weighted by Crippen LogP contribution is -2.24. The summed E-state index contributed by atoms with van der Waals surface area (Å²) < 4.78 is 44.4. The van der Waals surface area contributed by atoms with Crippen molar-refractivity contribution in [3.8, 4) is 57.5 Å². The van der Waals surface area contributed by atoms with Crippen molar-refractivity contribution < 1.29 is 48.1 Å². The topological polar surface area (TPSA) is 114 Å². The maximum Gasteiger partial charge on any atom is 0.208 e. The molecule has 0 heterocycles. The first kappa shape index (κ1) is 25.7. The summed E-state index contributed by atoms with van der Waals surface area (Å²) in [6, 6.07) is 0. The van der Waals surface area contributed by atoms with Crippen molar-refractivity contribution in [2.45, 2.75) is 19.3 Å². The van der Waals surface area contributed by atoms with Gasteiger partial charge in [0.15, 0.2) is 23.0 Å². The van der Waals surface area contributed by atoms with Gasteiger partial charge >= 0.3 is 0 Å². The number of aromatic hydroxyl groups is 2. The summed E-state index contributed by atoms with van der Waals surface area (Å²) >= 11 is 0. The van der Waals surface area contributed by atoms with Crippen LogP contribution in [0.1, 0.15) is 25.0 Å². The molecule has 33 heavy (non-hydrogen) atoms. The number of hydrogen-bond acceptors (Lipinski definition) is 10. The lowest BCUT2D eigenvalue weighted by molar-refractivity contribution is 0.280. The molecule has 0 radical (unpaired) electrons. The van der Waals surface area contributed by atoms with Crippen molar-refractivity contribution in [2.24, 2.45) is 0 Å². The van der Waals surface area contributed by atoms with E-state index in [-0.39, 0.29) is 57.5 Å². The van der Waals surface area contributed by atoms with Gasteiger partial charge in [-0.1, -0.05) is 13.8 Å². The van der Waals surface area contributed by atoms with E-state index in [2.05, 4.69) is 0 Å². The van der Waals surface area contributed by atoms with Gasteiger partial charge < -0.3 is 48.1 Å². The molecule has 0 aliphatic carbocycles. The molecule has 10 heteroatoms. The van der Waals surface area contributed by atoms with Crippen molar-refractivity contribution in [2.75, 3.05) is 56.9 Å². The predicted octanol–water partition coefficient (Wildman–Crippen LogP) is 3.49. The Balaban J connectivity index is 3.20. The maximum atomic E-state index is 10.7. The third kappa shape index (κ3) is 3.79. The van der Waals surface area contributed by atoms with Gasteiger partial charge in [-0.3, -0.25) is 0 Å². The van der Waals surface area contributed by atoms with E-state index >= 15 is 0 Å². The van der Waals surface area contributed by atoms with E-state index in [0.29, 0.717) is 11.1 Å². The van der Waals surface area contributed by atoms with Gasteiger partial charge in [-0.05, 0) is 0 Å². The van der Waals surface area contributed by atoms with E-state index in [1.165, 1.54) is 56.9 Å². The van der Waals surface area contributed by atoms with Crippen molar-refractivity contribution in [3.63, 3.8) is 0 Å². The Morgan fingerprint density at radius 1 is 0.394 bits per heavy atom. The first-order valence-electron chi connectivity index (χ1n) is 9.85. The lowest BCUT2D eigenvalue weighted by atomic mass is 9.75. The Bertz CT molecular complexity index is 868. The Kier molecular flexibility index (Phi) is 7.73. The van der Waals surface area contributed by atoms with Crippen LogP contribution in [-0.4, -0.2) is 67.1 Å². The fourth-order valence-corrected chi connectivity index (χ4v) is 4.09. The van der Waals surface area contributed by atoms with Gasteiger partial charge in [0.25, 0.3) is 0 Å². The molecule has 0 saturated carbocycles. The normalized spacial score (nSPS) is 11.0. The van der Waals surface area contributed by atoms with Crippen LogP contribution in [0.15, 0.2) is 0 Å². The number of rotatable bonds is 10. The van der Waals surface area contributed by atoms with Crippen molar-refractivity contribution >= 4 is 0 Å². The first-order chi connectivity index (χ1) is 15.7. The Morgan fingerprint density at radius 3 is 0.727 bits per heavy atom. The molecule has 10 nitrogen and oxygen atoms in total. The number of phenols is 2. The third-order valence-corrected chi connectivity index (χ3v) is 5.48. The SMILES string of the molecule is COc1c(O)c(OC)c(OC)c(C(C)(C)c2c(OC)c(OC)c(O)c(OC)c2OC)c1OC. The van der Waals surface area contributed by atoms with Crippen LogP contribution < -0.4 is 37.9 Å². The zero-order valence-corrected chi connectivity index (χ0v) is 20.7. The summed E-state index contributed by atoms with van der Waals surface area (Å²) in [7, 11) is 11.3. The number of benzene rings is 2. The largest absolute Gasteiger partial charge is 0.501 e. The van der Waals surface area contributed by atoms with Gasteiger partial charge in [-0.25, -0.2) is 0 Å². The molecule has 0 spiro atoms. The van der Waals surface area contributed by atoms with Crippen LogP contribution in [0, 0.1) is 0 Å². The zero-order chi connectivity index (χ0) is 25.1. The minimum absolute atomic E-state index is 0.0499. The van der Waals surface area contributed by atoms with Gasteiger partial charge in [-0.2, -0.15) is 0 Å². The van der Waals surface area contributed by atoms with Gasteiger partial charge in [-0.15, -0.1) is 0 Å². The van der Waals surface area contributed by atoms with Crippen molar-refractivity contribution in [3.05, 3.63) is 11.1 Å². The summed E-state index contributed by atoms with van der Waals surface area (Å²) in [6.45, 7) is 3.69. The Hall–Kier alpha value is -3.56. The molecule has 0 unspecified atom stereocenters. The van der Waals surface area contributed by atoms with E-state index in [4.69, 9.17) is 37.9 Å². The lowest BCUT2D eigenvalue weighted by Gasteiger charge is -2.34. The van der Waals surface area contributed by atoms with Crippen LogP contribution in [0.25, 0.3) is 0 Å². The standard InChI is InChI=1S/C23H32O10/c1-23(2,11-15(26-3)19(30-7)13(24)20(31-8)16(11)27-4)12-17(28-5)21(32-9)14(25)22(33-10)18(12)29-6/h24-25H,1-10H3. The van der Waals surface area contributed by atoms with Crippen LogP contribution in [-0.2, 0) is 5.41 Å². The third-order valence-electron chi connectivity index (χ3n) is 5.48. The molecule has 2 N–H and O–H groups in total. The fraction of sp³-hybridized carbons (Fsp3) is 0.478. The highest BCUT2D eigenvalue weighted by Crippen LogP contribution is 2.62. The highest BCUT2D eigenvalue weighted by atomic mass is 16.5. The minimum atomic E-state index is -1.05. The maximum absolute atomic E-state index is 10.7. The minimum Gasteiger partial charge on any atom is -0.501 e. The molecular formula is C23H32O10. The molecule has 0 aromatic heterocycles. The first-order valence-corrected chi connectivity index (χ1v) is 9.85. The molecule has 0 aliphatic rings. The molecule has 2 aromatic carbocycles. The molecule has 2 rings (SSSR count). The van der Waals surface area contributed by atoms with E-state index in [1.807, 2.05) is 13.8 Å². The highest BCUT2D eigenvalue weighted by Gasteiger charge is 2.43. The van der Waals surface area contributed by atoms with Gasteiger partial charge in [0.1, 0.15) is 0 Å². The average molecular weight is 468 g/mol. The number of methoxy groups -OCH3 is 8. The summed E-state index contributed by atoms with van der Waals surface area (Å²) in [4.78, 5) is 0. The summed E-state index contributed by atoms with van der Waals surface area (Å²) in [5, 5.41) is 21.5. The van der Waals surface area contributed by atoms with Crippen molar-refractivity contribution in [1.82, 2.24) is 0 Å². The molecule has 0 saturated heterocycles. The van der Waals surface area contributed by atoms with Gasteiger partial charge in [0.05, 0.1) is 68.0 Å². The van der Waals surface area contributed by atoms with Crippen LogP contribution >= 0.6 is 0 Å². The van der Waals surface area contributed by atoms with Crippen LogP contribution in [0.3, 0.4) is 0 Å². The second kappa shape index (κ2) is 9.93. The average Bonchev–Trinajstić information content (AvgIpc) is 2.81. The molecule has 0 amide bonds. The molecule has 0 bridgehead atoms. The number of hydrogen-bond donors (Lipinski definition) is 2. The summed E-state index contributed by atoms with van der Waals surface area (Å²) in [5.74, 6) is 0.438. The van der Waals surface area contributed by atoms with Gasteiger partial charge in [0, 0.05) is 5.41 Å². The van der Waals surface area contributed by atoms with Gasteiger partial charge in [0.2, 0.25) is 34.5 Å². The van der Waals surface area contributed by atoms with E-state index in [9.17, 15) is 10.2 Å². The van der Waals surface area contributed by atoms with E-state index < -0.39 is 5.41 Å². The van der Waals surface area contributed by atoms with E-state index in [1.54, 1.807) is 0 Å². The van der Waals surface area contributed by atoms with Crippen LogP contribution in [0.2, 0.25) is 0 Å². The Labute approximate surface area is 193 Å². The summed E-state index contributed by atoms with van der Waals surface area (Å²) in [5.41, 5.74) is -0.147. The van der Waals surface area contributed by atoms with Crippen molar-refractivity contribution in [1.29, 1.82) is 0 Å².